The molecular weight excluding hydrogens is 408 g/mol. The van der Waals surface area contributed by atoms with Gasteiger partial charge in [0.2, 0.25) is 5.91 Å². The Bertz CT molecular complexity index is 1010. The Morgan fingerprint density at radius 1 is 1.41 bits per heavy atom. The van der Waals surface area contributed by atoms with E-state index in [2.05, 4.69) is 16.9 Å². The highest BCUT2D eigenvalue weighted by Gasteiger charge is 2.27. The number of aromatic nitrogens is 2. The molecule has 3 aromatic rings. The average molecular weight is 433 g/mol. The molecule has 0 bridgehead atoms. The number of likely N-dealkylation sites (tertiary alicyclic amines) is 1. The number of fused-ring (bicyclic) bond motifs is 1. The Morgan fingerprint density at radius 2 is 2.24 bits per heavy atom. The molecule has 29 heavy (non-hydrogen) atoms. The molecule has 1 aliphatic heterocycles. The van der Waals surface area contributed by atoms with Crippen LogP contribution in [0.2, 0.25) is 0 Å². The van der Waals surface area contributed by atoms with Crippen LogP contribution in [0.25, 0.3) is 4.96 Å². The van der Waals surface area contributed by atoms with Gasteiger partial charge in [0, 0.05) is 29.4 Å². The first-order valence-electron chi connectivity index (χ1n) is 9.64. The van der Waals surface area contributed by atoms with E-state index in [1.807, 2.05) is 22.4 Å². The second-order valence-corrected chi connectivity index (χ2v) is 9.13. The third-order valence-corrected chi connectivity index (χ3v) is 6.89. The molecule has 0 radical (unpaired) electrons. The van der Waals surface area contributed by atoms with Crippen molar-refractivity contribution >= 4 is 34.0 Å². The lowest BCUT2D eigenvalue weighted by Gasteiger charge is -2.37. The molecule has 7 nitrogen and oxygen atoms in total. The number of hydrogen-bond acceptors (Lipinski definition) is 7. The van der Waals surface area contributed by atoms with E-state index in [9.17, 15) is 9.59 Å². The first-order chi connectivity index (χ1) is 14.1. The van der Waals surface area contributed by atoms with Gasteiger partial charge in [0.1, 0.15) is 5.76 Å². The summed E-state index contributed by atoms with van der Waals surface area (Å²) in [6.45, 7) is 2.49. The van der Waals surface area contributed by atoms with Crippen LogP contribution in [0, 0.1) is 0 Å². The lowest BCUT2D eigenvalue weighted by molar-refractivity contribution is -0.132. The third kappa shape index (κ3) is 4.91. The number of carbonyl (C=O) groups is 1. The van der Waals surface area contributed by atoms with E-state index in [-0.39, 0.29) is 17.5 Å². The highest BCUT2D eigenvalue weighted by atomic mass is 32.2. The summed E-state index contributed by atoms with van der Waals surface area (Å²) in [5, 5.41) is 1.85. The normalized spacial score (nSPS) is 15.8. The second kappa shape index (κ2) is 9.15. The largest absolute Gasteiger partial charge is 0.467 e. The monoisotopic (exact) mass is 432 g/mol. The van der Waals surface area contributed by atoms with Crippen molar-refractivity contribution in [3.8, 4) is 0 Å². The van der Waals surface area contributed by atoms with E-state index in [1.54, 1.807) is 18.5 Å². The molecule has 0 atom stereocenters. The van der Waals surface area contributed by atoms with Gasteiger partial charge < -0.3 is 14.2 Å². The van der Waals surface area contributed by atoms with Crippen molar-refractivity contribution < 1.29 is 9.21 Å². The van der Waals surface area contributed by atoms with Crippen LogP contribution in [0.1, 0.15) is 24.3 Å². The topological polar surface area (TPSA) is 71.1 Å². The van der Waals surface area contributed by atoms with Gasteiger partial charge in [-0.25, -0.2) is 4.98 Å². The maximum absolute atomic E-state index is 13.0. The number of nitrogens with zero attached hydrogens (tertiary/aromatic N) is 4. The highest BCUT2D eigenvalue weighted by Crippen LogP contribution is 2.21. The molecule has 0 saturated carbocycles. The molecule has 4 rings (SSSR count). The fourth-order valence-electron chi connectivity index (χ4n) is 3.59. The van der Waals surface area contributed by atoms with Crippen molar-refractivity contribution in [1.82, 2.24) is 19.2 Å². The summed E-state index contributed by atoms with van der Waals surface area (Å²) in [6.07, 6.45) is 5.32. The lowest BCUT2D eigenvalue weighted by atomic mass is 10.0. The summed E-state index contributed by atoms with van der Waals surface area (Å²) >= 11 is 2.94. The molecule has 154 valence electrons. The first kappa shape index (κ1) is 20.2. The summed E-state index contributed by atoms with van der Waals surface area (Å²) in [4.78, 5) is 34.6. The number of hydrogen-bond donors (Lipinski definition) is 0. The number of furan rings is 1. The van der Waals surface area contributed by atoms with E-state index >= 15 is 0 Å². The molecule has 1 amide bonds. The van der Waals surface area contributed by atoms with Crippen LogP contribution in [0.5, 0.6) is 0 Å². The van der Waals surface area contributed by atoms with Gasteiger partial charge in [-0.2, -0.15) is 0 Å². The molecule has 0 spiro atoms. The van der Waals surface area contributed by atoms with Crippen molar-refractivity contribution in [3.05, 3.63) is 57.8 Å². The van der Waals surface area contributed by atoms with Gasteiger partial charge >= 0.3 is 0 Å². The SMILES string of the molecule is CN1CCC(N(Cc2ccco2)C(=O)CSCc2cc(=O)n3ccsc3n2)CC1. The molecule has 0 unspecified atom stereocenters. The molecule has 1 fully saturated rings. The molecule has 0 aliphatic carbocycles. The van der Waals surface area contributed by atoms with E-state index in [4.69, 9.17) is 4.42 Å². The summed E-state index contributed by atoms with van der Waals surface area (Å²) in [5.74, 6) is 1.81. The van der Waals surface area contributed by atoms with Crippen molar-refractivity contribution in [2.45, 2.75) is 31.2 Å². The molecular formula is C20H24N4O3S2. The van der Waals surface area contributed by atoms with Crippen molar-refractivity contribution in [2.75, 3.05) is 25.9 Å². The highest BCUT2D eigenvalue weighted by molar-refractivity contribution is 7.99. The predicted molar refractivity (Wildman–Crippen MR) is 115 cm³/mol. The third-order valence-electron chi connectivity index (χ3n) is 5.19. The molecule has 4 heterocycles. The zero-order valence-electron chi connectivity index (χ0n) is 16.3. The van der Waals surface area contributed by atoms with Gasteiger partial charge in [0.15, 0.2) is 4.96 Å². The zero-order valence-corrected chi connectivity index (χ0v) is 18.0. The average Bonchev–Trinajstić information content (AvgIpc) is 3.39. The predicted octanol–water partition coefficient (Wildman–Crippen LogP) is 2.71. The Labute approximate surface area is 177 Å². The summed E-state index contributed by atoms with van der Waals surface area (Å²) in [5.41, 5.74) is 0.635. The van der Waals surface area contributed by atoms with Crippen molar-refractivity contribution in [3.63, 3.8) is 0 Å². The minimum atomic E-state index is -0.0797. The van der Waals surface area contributed by atoms with Crippen LogP contribution in [0.3, 0.4) is 0 Å². The van der Waals surface area contributed by atoms with Crippen LogP contribution in [-0.2, 0) is 17.1 Å². The molecule has 1 saturated heterocycles. The molecule has 0 N–H and O–H groups in total. The van der Waals surface area contributed by atoms with Crippen LogP contribution in [-0.4, -0.2) is 57.0 Å². The second-order valence-electron chi connectivity index (χ2n) is 7.27. The standard InChI is InChI=1S/C20H24N4O3S2/c1-22-6-4-16(5-7-22)24(12-17-3-2-9-27-17)19(26)14-28-13-15-11-18(25)23-8-10-29-20(23)21-15/h2-3,8-11,16H,4-7,12-14H2,1H3. The first-order valence-corrected chi connectivity index (χ1v) is 11.7. The minimum Gasteiger partial charge on any atom is -0.467 e. The number of carbonyl (C=O) groups excluding carboxylic acids is 1. The van der Waals surface area contributed by atoms with E-state index < -0.39 is 0 Å². The number of piperidine rings is 1. The lowest BCUT2D eigenvalue weighted by Crippen LogP contribution is -2.46. The van der Waals surface area contributed by atoms with Crippen molar-refractivity contribution in [2.24, 2.45) is 0 Å². The maximum atomic E-state index is 13.0. The van der Waals surface area contributed by atoms with Gasteiger partial charge in [0.25, 0.3) is 5.56 Å². The molecule has 3 aromatic heterocycles. The fourth-order valence-corrected chi connectivity index (χ4v) is 5.12. The molecule has 9 heteroatoms. The van der Waals surface area contributed by atoms with Crippen LogP contribution in [0.4, 0.5) is 0 Å². The Morgan fingerprint density at radius 3 is 3.00 bits per heavy atom. The number of thiazole rings is 1. The fraction of sp³-hybridized carbons (Fsp3) is 0.450. The van der Waals surface area contributed by atoms with E-state index in [0.29, 0.717) is 28.7 Å². The van der Waals surface area contributed by atoms with Crippen LogP contribution in [0.15, 0.2) is 45.3 Å². The zero-order chi connectivity index (χ0) is 20.2. The van der Waals surface area contributed by atoms with E-state index in [1.165, 1.54) is 27.5 Å². The number of amides is 1. The van der Waals surface area contributed by atoms with Crippen molar-refractivity contribution in [1.29, 1.82) is 0 Å². The quantitative estimate of drug-likeness (QED) is 0.572. The Hall–Kier alpha value is -2.10. The maximum Gasteiger partial charge on any atom is 0.258 e. The van der Waals surface area contributed by atoms with Gasteiger partial charge in [-0.3, -0.25) is 14.0 Å². The summed E-state index contributed by atoms with van der Waals surface area (Å²) < 4.78 is 7.03. The smallest absolute Gasteiger partial charge is 0.258 e. The van der Waals surface area contributed by atoms with E-state index in [0.717, 1.165) is 31.7 Å². The summed E-state index contributed by atoms with van der Waals surface area (Å²) in [6, 6.07) is 5.55. The summed E-state index contributed by atoms with van der Waals surface area (Å²) in [7, 11) is 2.12. The van der Waals surface area contributed by atoms with Gasteiger partial charge in [-0.05, 0) is 45.1 Å². The van der Waals surface area contributed by atoms with Gasteiger partial charge in [-0.15, -0.1) is 23.1 Å². The minimum absolute atomic E-state index is 0.0797. The van der Waals surface area contributed by atoms with Gasteiger partial charge in [0.05, 0.1) is 24.3 Å². The number of rotatable bonds is 7. The van der Waals surface area contributed by atoms with Crippen LogP contribution >= 0.6 is 23.1 Å². The number of thioether (sulfide) groups is 1. The molecule has 1 aliphatic rings. The van der Waals surface area contributed by atoms with Crippen LogP contribution < -0.4 is 5.56 Å². The molecule has 0 aromatic carbocycles. The van der Waals surface area contributed by atoms with Gasteiger partial charge in [-0.1, -0.05) is 0 Å². The Balaban J connectivity index is 1.39. The Kier molecular flexibility index (Phi) is 6.37.